The van der Waals surface area contributed by atoms with Crippen LogP contribution in [0.2, 0.25) is 0 Å². The van der Waals surface area contributed by atoms with Gasteiger partial charge in [-0.05, 0) is 49.9 Å². The number of anilines is 1. The Labute approximate surface area is 234 Å². The van der Waals surface area contributed by atoms with Crippen LogP contribution in [0.1, 0.15) is 46.4 Å². The summed E-state index contributed by atoms with van der Waals surface area (Å²) in [6.45, 7) is 8.75. The summed E-state index contributed by atoms with van der Waals surface area (Å²) in [5.41, 5.74) is 8.13. The van der Waals surface area contributed by atoms with E-state index in [0.717, 1.165) is 51.2 Å². The molecule has 0 saturated heterocycles. The zero-order chi connectivity index (χ0) is 27.5. The topological polar surface area (TPSA) is 67.2 Å². The highest BCUT2D eigenvalue weighted by Crippen LogP contribution is 2.49. The van der Waals surface area contributed by atoms with Crippen molar-refractivity contribution in [3.05, 3.63) is 101 Å². The van der Waals surface area contributed by atoms with Gasteiger partial charge in [0.2, 0.25) is 11.8 Å². The summed E-state index contributed by atoms with van der Waals surface area (Å²) in [5, 5.41) is 8.02. The number of hydrogen-bond donors (Lipinski definition) is 1. The molecule has 1 aromatic heterocycles. The highest BCUT2D eigenvalue weighted by molar-refractivity contribution is 8.00. The van der Waals surface area contributed by atoms with Crippen LogP contribution in [-0.4, -0.2) is 40.4 Å². The second-order valence-corrected chi connectivity index (χ2v) is 11.1. The molecule has 0 spiro atoms. The fraction of sp³-hybridized carbons (Fsp3) is 0.281. The Kier molecular flexibility index (Phi) is 7.89. The van der Waals surface area contributed by atoms with E-state index in [9.17, 15) is 9.59 Å². The average Bonchev–Trinajstić information content (AvgIpc) is 3.25. The van der Waals surface area contributed by atoms with Crippen molar-refractivity contribution < 1.29 is 9.59 Å². The number of amides is 2. The summed E-state index contributed by atoms with van der Waals surface area (Å²) in [7, 11) is 0. The van der Waals surface area contributed by atoms with Crippen LogP contribution in [0.5, 0.6) is 0 Å². The minimum atomic E-state index is -0.176. The van der Waals surface area contributed by atoms with Crippen LogP contribution in [0, 0.1) is 20.8 Å². The summed E-state index contributed by atoms with van der Waals surface area (Å²) in [6.07, 6.45) is 0.828. The van der Waals surface area contributed by atoms with E-state index in [0.29, 0.717) is 12.4 Å². The number of nitrogens with one attached hydrogen (secondary N) is 1. The maximum Gasteiger partial charge on any atom is 0.240 e. The number of carbonyl (C=O) groups excluding carboxylic acids is 2. The van der Waals surface area contributed by atoms with E-state index in [1.807, 2.05) is 48.0 Å². The van der Waals surface area contributed by atoms with E-state index in [1.54, 1.807) is 16.7 Å². The van der Waals surface area contributed by atoms with Gasteiger partial charge in [0.1, 0.15) is 12.4 Å². The maximum atomic E-state index is 13.8. The molecule has 1 aliphatic rings. The number of benzene rings is 3. The van der Waals surface area contributed by atoms with E-state index in [2.05, 4.69) is 62.5 Å². The standard InChI is InChI=1S/C32H34N4O2S/c1-5-17-33-27(37)19-35-28(38)20-39-31(25-14-10-9-11-22(25)3)29-30(24-12-7-6-8-13-24)34-36(32(29)35)26-16-15-21(2)18-23(26)4/h6-16,18,31H,5,17,19-20H2,1-4H3,(H,33,37)/t31-/m1/s1. The summed E-state index contributed by atoms with van der Waals surface area (Å²) in [4.78, 5) is 28.5. The van der Waals surface area contributed by atoms with Crippen molar-refractivity contribution in [2.45, 2.75) is 39.4 Å². The van der Waals surface area contributed by atoms with Crippen molar-refractivity contribution in [1.29, 1.82) is 0 Å². The minimum Gasteiger partial charge on any atom is -0.355 e. The fourth-order valence-corrected chi connectivity index (χ4v) is 6.42. The lowest BCUT2D eigenvalue weighted by Crippen LogP contribution is -2.42. The lowest BCUT2D eigenvalue weighted by atomic mass is 9.96. The monoisotopic (exact) mass is 538 g/mol. The summed E-state index contributed by atoms with van der Waals surface area (Å²) in [6, 6.07) is 24.7. The molecule has 2 amide bonds. The third kappa shape index (κ3) is 5.36. The Hall–Kier alpha value is -3.84. The Morgan fingerprint density at radius 1 is 1.00 bits per heavy atom. The zero-order valence-electron chi connectivity index (χ0n) is 22.9. The summed E-state index contributed by atoms with van der Waals surface area (Å²) in [5.74, 6) is 0.644. The lowest BCUT2D eigenvalue weighted by Gasteiger charge is -2.24. The molecule has 7 heteroatoms. The highest BCUT2D eigenvalue weighted by atomic mass is 32.2. The normalized spacial score (nSPS) is 15.1. The third-order valence-corrected chi connectivity index (χ3v) is 8.30. The van der Waals surface area contributed by atoms with Crippen molar-refractivity contribution >= 4 is 29.4 Å². The molecular weight excluding hydrogens is 504 g/mol. The average molecular weight is 539 g/mol. The first-order valence-electron chi connectivity index (χ1n) is 13.4. The number of thioether (sulfide) groups is 1. The SMILES string of the molecule is CCCNC(=O)CN1C(=O)CS[C@H](c2ccccc2C)c2c(-c3ccccc3)nn(-c3ccc(C)cc3C)c21. The Balaban J connectivity index is 1.82. The van der Waals surface area contributed by atoms with Crippen LogP contribution in [0.25, 0.3) is 16.9 Å². The van der Waals surface area contributed by atoms with Crippen molar-refractivity contribution in [3.63, 3.8) is 0 Å². The first-order chi connectivity index (χ1) is 18.9. The molecule has 1 aliphatic heterocycles. The third-order valence-electron chi connectivity index (χ3n) is 7.06. The molecule has 5 rings (SSSR count). The summed E-state index contributed by atoms with van der Waals surface area (Å²) >= 11 is 1.60. The van der Waals surface area contributed by atoms with Crippen LogP contribution in [0.15, 0.2) is 72.8 Å². The first kappa shape index (κ1) is 26.8. The van der Waals surface area contributed by atoms with Crippen LogP contribution in [-0.2, 0) is 9.59 Å². The molecule has 0 fully saturated rings. The number of aromatic nitrogens is 2. The van der Waals surface area contributed by atoms with E-state index >= 15 is 0 Å². The minimum absolute atomic E-state index is 0.0578. The van der Waals surface area contributed by atoms with E-state index in [-0.39, 0.29) is 29.4 Å². The van der Waals surface area contributed by atoms with Crippen molar-refractivity contribution in [3.8, 4) is 16.9 Å². The van der Waals surface area contributed by atoms with Gasteiger partial charge >= 0.3 is 0 Å². The molecule has 2 heterocycles. The van der Waals surface area contributed by atoms with Gasteiger partial charge in [0, 0.05) is 17.7 Å². The van der Waals surface area contributed by atoms with Gasteiger partial charge < -0.3 is 5.32 Å². The molecular formula is C32H34N4O2S. The second kappa shape index (κ2) is 11.5. The van der Waals surface area contributed by atoms with Gasteiger partial charge in [-0.1, -0.05) is 79.2 Å². The Morgan fingerprint density at radius 2 is 1.74 bits per heavy atom. The molecule has 200 valence electrons. The van der Waals surface area contributed by atoms with Gasteiger partial charge in [0.15, 0.2) is 0 Å². The number of fused-ring (bicyclic) bond motifs is 1. The predicted molar refractivity (Wildman–Crippen MR) is 160 cm³/mol. The molecule has 1 atom stereocenters. The van der Waals surface area contributed by atoms with Gasteiger partial charge in [-0.25, -0.2) is 4.68 Å². The van der Waals surface area contributed by atoms with Gasteiger partial charge in [-0.3, -0.25) is 14.5 Å². The molecule has 0 aliphatic carbocycles. The van der Waals surface area contributed by atoms with E-state index < -0.39 is 0 Å². The number of aryl methyl sites for hydroxylation is 3. The maximum absolute atomic E-state index is 13.8. The van der Waals surface area contributed by atoms with Crippen molar-refractivity contribution in [1.82, 2.24) is 15.1 Å². The van der Waals surface area contributed by atoms with Crippen LogP contribution in [0.3, 0.4) is 0 Å². The molecule has 0 saturated carbocycles. The highest BCUT2D eigenvalue weighted by Gasteiger charge is 2.38. The van der Waals surface area contributed by atoms with E-state index in [4.69, 9.17) is 5.10 Å². The number of nitrogens with zero attached hydrogens (tertiary/aromatic N) is 3. The zero-order valence-corrected chi connectivity index (χ0v) is 23.7. The van der Waals surface area contributed by atoms with E-state index in [1.165, 1.54) is 0 Å². The molecule has 4 aromatic rings. The summed E-state index contributed by atoms with van der Waals surface area (Å²) < 4.78 is 1.88. The second-order valence-electron chi connectivity index (χ2n) is 10.0. The smallest absolute Gasteiger partial charge is 0.240 e. The Morgan fingerprint density at radius 3 is 2.46 bits per heavy atom. The molecule has 39 heavy (non-hydrogen) atoms. The van der Waals surface area contributed by atoms with Gasteiger partial charge in [-0.15, -0.1) is 11.8 Å². The first-order valence-corrected chi connectivity index (χ1v) is 14.4. The molecule has 0 radical (unpaired) electrons. The van der Waals surface area contributed by atoms with Crippen LogP contribution >= 0.6 is 11.8 Å². The lowest BCUT2D eigenvalue weighted by molar-refractivity contribution is -0.122. The van der Waals surface area contributed by atoms with Crippen molar-refractivity contribution in [2.75, 3.05) is 23.7 Å². The molecule has 1 N–H and O–H groups in total. The van der Waals surface area contributed by atoms with Gasteiger partial charge in [-0.2, -0.15) is 5.10 Å². The quantitative estimate of drug-likeness (QED) is 0.306. The van der Waals surface area contributed by atoms with Crippen LogP contribution in [0.4, 0.5) is 5.82 Å². The fourth-order valence-electron chi connectivity index (χ4n) is 5.13. The largest absolute Gasteiger partial charge is 0.355 e. The molecule has 0 bridgehead atoms. The number of carbonyl (C=O) groups is 2. The predicted octanol–water partition coefficient (Wildman–Crippen LogP) is 6.16. The molecule has 0 unspecified atom stereocenters. The van der Waals surface area contributed by atoms with Crippen LogP contribution < -0.4 is 10.2 Å². The molecule has 3 aromatic carbocycles. The Bertz CT molecular complexity index is 1510. The van der Waals surface area contributed by atoms with Gasteiger partial charge in [0.05, 0.1) is 22.4 Å². The number of hydrogen-bond acceptors (Lipinski definition) is 4. The van der Waals surface area contributed by atoms with Crippen molar-refractivity contribution in [2.24, 2.45) is 0 Å². The molecule has 6 nitrogen and oxygen atoms in total. The number of rotatable bonds is 7. The van der Waals surface area contributed by atoms with Gasteiger partial charge in [0.25, 0.3) is 0 Å².